The highest BCUT2D eigenvalue weighted by atomic mass is 32.1. The zero-order chi connectivity index (χ0) is 16.8. The number of rotatable bonds is 6. The summed E-state index contributed by atoms with van der Waals surface area (Å²) in [4.78, 5) is 12.1. The van der Waals surface area contributed by atoms with Gasteiger partial charge in [0.2, 0.25) is 0 Å². The molecule has 0 aliphatic carbocycles. The fourth-order valence-corrected chi connectivity index (χ4v) is 2.69. The first-order chi connectivity index (χ1) is 11.1. The van der Waals surface area contributed by atoms with Crippen molar-refractivity contribution in [3.63, 3.8) is 0 Å². The predicted octanol–water partition coefficient (Wildman–Crippen LogP) is 2.83. The van der Waals surface area contributed by atoms with Crippen molar-refractivity contribution in [2.45, 2.75) is 32.7 Å². The smallest absolute Gasteiger partial charge is 0.337 e. The van der Waals surface area contributed by atoms with E-state index in [1.54, 1.807) is 0 Å². The highest BCUT2D eigenvalue weighted by molar-refractivity contribution is 7.80. The van der Waals surface area contributed by atoms with E-state index < -0.39 is 0 Å². The summed E-state index contributed by atoms with van der Waals surface area (Å²) in [7, 11) is 1.37. The van der Waals surface area contributed by atoms with Crippen LogP contribution in [0.25, 0.3) is 0 Å². The molecule has 1 aromatic carbocycles. The van der Waals surface area contributed by atoms with Crippen LogP contribution in [0.3, 0.4) is 0 Å². The summed E-state index contributed by atoms with van der Waals surface area (Å²) in [5.41, 5.74) is 2.16. The van der Waals surface area contributed by atoms with Gasteiger partial charge in [0.25, 0.3) is 0 Å². The fraction of sp³-hybridized carbons (Fsp3) is 0.412. The highest BCUT2D eigenvalue weighted by Gasteiger charge is 2.30. The number of carbonyl (C=O) groups is 1. The summed E-state index contributed by atoms with van der Waals surface area (Å²) in [6.45, 7) is 4.65. The lowest BCUT2D eigenvalue weighted by atomic mass is 9.95. The van der Waals surface area contributed by atoms with Gasteiger partial charge in [-0.1, -0.05) is 25.5 Å². The molecule has 6 heteroatoms. The van der Waals surface area contributed by atoms with Crippen LogP contribution < -0.4 is 15.4 Å². The van der Waals surface area contributed by atoms with Crippen LogP contribution in [0.15, 0.2) is 35.5 Å². The predicted molar refractivity (Wildman–Crippen MR) is 93.2 cm³/mol. The minimum absolute atomic E-state index is 0.333. The van der Waals surface area contributed by atoms with E-state index >= 15 is 0 Å². The van der Waals surface area contributed by atoms with Crippen molar-refractivity contribution in [3.05, 3.63) is 41.1 Å². The van der Waals surface area contributed by atoms with Crippen molar-refractivity contribution in [2.24, 2.45) is 0 Å². The van der Waals surface area contributed by atoms with Crippen molar-refractivity contribution in [1.29, 1.82) is 0 Å². The minimum atomic E-state index is -0.377. The van der Waals surface area contributed by atoms with Gasteiger partial charge in [-0.3, -0.25) is 0 Å². The molecule has 2 N–H and O–H groups in total. The molecule has 23 heavy (non-hydrogen) atoms. The topological polar surface area (TPSA) is 59.6 Å². The molecule has 0 amide bonds. The molecule has 1 unspecified atom stereocenters. The number of allylic oxidation sites excluding steroid dienone is 1. The molecule has 1 heterocycles. The number of hydrogen-bond donors (Lipinski definition) is 2. The second kappa shape index (κ2) is 7.97. The zero-order valence-corrected chi connectivity index (χ0v) is 14.5. The molecule has 0 saturated carbocycles. The van der Waals surface area contributed by atoms with Crippen molar-refractivity contribution in [1.82, 2.24) is 10.6 Å². The Morgan fingerprint density at radius 1 is 1.30 bits per heavy atom. The monoisotopic (exact) mass is 334 g/mol. The van der Waals surface area contributed by atoms with Crippen molar-refractivity contribution >= 4 is 23.3 Å². The van der Waals surface area contributed by atoms with Crippen LogP contribution in [0.2, 0.25) is 0 Å². The van der Waals surface area contributed by atoms with Crippen LogP contribution >= 0.6 is 12.2 Å². The molecule has 1 aliphatic rings. The molecule has 0 spiro atoms. The molecule has 124 valence electrons. The Labute approximate surface area is 142 Å². The van der Waals surface area contributed by atoms with Gasteiger partial charge in [0, 0.05) is 5.70 Å². The first-order valence-electron chi connectivity index (χ1n) is 7.66. The van der Waals surface area contributed by atoms with Crippen LogP contribution in [-0.2, 0) is 9.53 Å². The minimum Gasteiger partial charge on any atom is -0.494 e. The number of esters is 1. The molecule has 0 aromatic heterocycles. The Kier molecular flexibility index (Phi) is 5.98. The summed E-state index contributed by atoms with van der Waals surface area (Å²) in [5, 5.41) is 6.57. The molecule has 1 atom stereocenters. The summed E-state index contributed by atoms with van der Waals surface area (Å²) in [5.74, 6) is 0.442. The maximum absolute atomic E-state index is 12.1. The van der Waals surface area contributed by atoms with Crippen molar-refractivity contribution in [3.8, 4) is 5.75 Å². The number of carbonyl (C=O) groups excluding carboxylic acids is 1. The number of nitrogens with one attached hydrogen (secondary N) is 2. The van der Waals surface area contributed by atoms with E-state index in [1.807, 2.05) is 31.2 Å². The summed E-state index contributed by atoms with van der Waals surface area (Å²) < 4.78 is 10.6. The summed E-state index contributed by atoms with van der Waals surface area (Å²) in [6.07, 6.45) is 2.13. The van der Waals surface area contributed by atoms with Gasteiger partial charge in [-0.05, 0) is 43.3 Å². The third kappa shape index (κ3) is 4.22. The summed E-state index contributed by atoms with van der Waals surface area (Å²) >= 11 is 5.20. The third-order valence-corrected chi connectivity index (χ3v) is 3.87. The van der Waals surface area contributed by atoms with Gasteiger partial charge >= 0.3 is 5.97 Å². The second-order valence-corrected chi connectivity index (χ2v) is 5.74. The van der Waals surface area contributed by atoms with Gasteiger partial charge in [-0.2, -0.15) is 0 Å². The van der Waals surface area contributed by atoms with E-state index in [0.29, 0.717) is 23.0 Å². The molecular weight excluding hydrogens is 312 g/mol. The Morgan fingerprint density at radius 2 is 2.00 bits per heavy atom. The second-order valence-electron chi connectivity index (χ2n) is 5.33. The molecule has 1 aliphatic heterocycles. The Bertz CT molecular complexity index is 611. The molecule has 0 bridgehead atoms. The van der Waals surface area contributed by atoms with Gasteiger partial charge in [-0.25, -0.2) is 4.79 Å². The molecule has 1 aromatic rings. The fourth-order valence-electron chi connectivity index (χ4n) is 2.42. The van der Waals surface area contributed by atoms with Crippen molar-refractivity contribution in [2.75, 3.05) is 13.7 Å². The maximum Gasteiger partial charge on any atom is 0.337 e. The average Bonchev–Trinajstić information content (AvgIpc) is 2.54. The number of hydrogen-bond acceptors (Lipinski definition) is 4. The van der Waals surface area contributed by atoms with E-state index in [9.17, 15) is 4.79 Å². The SMILES string of the molecule is CCCCOc1ccc(C2NC(=S)NC(C)=C2C(=O)OC)cc1. The van der Waals surface area contributed by atoms with Crippen LogP contribution in [-0.4, -0.2) is 24.8 Å². The van der Waals surface area contributed by atoms with Crippen LogP contribution in [0, 0.1) is 0 Å². The van der Waals surface area contributed by atoms with Gasteiger partial charge in [0.1, 0.15) is 5.75 Å². The van der Waals surface area contributed by atoms with E-state index in [0.717, 1.165) is 24.2 Å². The number of methoxy groups -OCH3 is 1. The number of thiocarbonyl (C=S) groups is 1. The van der Waals surface area contributed by atoms with E-state index in [-0.39, 0.29) is 12.0 Å². The van der Waals surface area contributed by atoms with Crippen molar-refractivity contribution < 1.29 is 14.3 Å². The van der Waals surface area contributed by atoms with Crippen LogP contribution in [0.4, 0.5) is 0 Å². The highest BCUT2D eigenvalue weighted by Crippen LogP contribution is 2.28. The summed E-state index contributed by atoms with van der Waals surface area (Å²) in [6, 6.07) is 7.34. The normalized spacial score (nSPS) is 17.3. The number of ether oxygens (including phenoxy) is 2. The quantitative estimate of drug-likeness (QED) is 0.474. The standard InChI is InChI=1S/C17H22N2O3S/c1-4-5-10-22-13-8-6-12(7-9-13)15-14(16(20)21-3)11(2)18-17(23)19-15/h6-9,15H,4-5,10H2,1-3H3,(H2,18,19,23). The largest absolute Gasteiger partial charge is 0.494 e. The van der Waals surface area contributed by atoms with Crippen LogP contribution in [0.5, 0.6) is 5.75 Å². The van der Waals surface area contributed by atoms with E-state index in [1.165, 1.54) is 7.11 Å². The third-order valence-electron chi connectivity index (χ3n) is 3.65. The molecule has 0 fully saturated rings. The number of unbranched alkanes of at least 4 members (excludes halogenated alkanes) is 1. The average molecular weight is 334 g/mol. The van der Waals surface area contributed by atoms with E-state index in [4.69, 9.17) is 21.7 Å². The zero-order valence-electron chi connectivity index (χ0n) is 13.6. The molecule has 0 saturated heterocycles. The van der Waals surface area contributed by atoms with Gasteiger partial charge < -0.3 is 20.1 Å². The van der Waals surface area contributed by atoms with E-state index in [2.05, 4.69) is 17.6 Å². The van der Waals surface area contributed by atoms with Gasteiger partial charge in [0.15, 0.2) is 5.11 Å². The van der Waals surface area contributed by atoms with Gasteiger partial charge in [0.05, 0.1) is 25.3 Å². The first kappa shape index (κ1) is 17.3. The number of benzene rings is 1. The Hall–Kier alpha value is -2.08. The lowest BCUT2D eigenvalue weighted by Crippen LogP contribution is -2.45. The molecule has 2 rings (SSSR count). The molecule has 5 nitrogen and oxygen atoms in total. The lowest BCUT2D eigenvalue weighted by Gasteiger charge is -2.29. The maximum atomic E-state index is 12.1. The Morgan fingerprint density at radius 3 is 2.61 bits per heavy atom. The Balaban J connectivity index is 2.22. The lowest BCUT2D eigenvalue weighted by molar-refractivity contribution is -0.136. The van der Waals surface area contributed by atoms with Crippen LogP contribution in [0.1, 0.15) is 38.3 Å². The van der Waals surface area contributed by atoms with Gasteiger partial charge in [-0.15, -0.1) is 0 Å². The molecule has 0 radical (unpaired) electrons. The molecular formula is C17H22N2O3S. The first-order valence-corrected chi connectivity index (χ1v) is 8.07.